The highest BCUT2D eigenvalue weighted by atomic mass is 79.9. The van der Waals surface area contributed by atoms with Crippen molar-refractivity contribution in [2.45, 2.75) is 19.4 Å². The maximum Gasteiger partial charge on any atom is 0.141 e. The van der Waals surface area contributed by atoms with Crippen molar-refractivity contribution < 1.29 is 9.47 Å². The first kappa shape index (κ1) is 13.3. The Labute approximate surface area is 103 Å². The molecule has 0 aliphatic rings. The molecule has 6 heteroatoms. The number of aromatic nitrogens is 2. The second-order valence-electron chi connectivity index (χ2n) is 3.52. The topological polar surface area (TPSA) is 70.3 Å². The molecule has 0 aliphatic carbocycles. The van der Waals surface area contributed by atoms with Crippen LogP contribution in [-0.2, 0) is 16.1 Å². The average molecular weight is 290 g/mol. The van der Waals surface area contributed by atoms with Gasteiger partial charge in [-0.1, -0.05) is 6.92 Å². The Morgan fingerprint density at radius 1 is 1.31 bits per heavy atom. The van der Waals surface area contributed by atoms with Crippen molar-refractivity contribution in [2.75, 3.05) is 26.6 Å². The van der Waals surface area contributed by atoms with Gasteiger partial charge in [0.2, 0.25) is 0 Å². The first-order valence-corrected chi connectivity index (χ1v) is 5.69. The fraction of sp³-hybridized carbons (Fsp3) is 0.600. The third-order valence-electron chi connectivity index (χ3n) is 2.10. The molecular formula is C10H16BrN3O2. The van der Waals surface area contributed by atoms with Gasteiger partial charge in [0.05, 0.1) is 23.4 Å². The van der Waals surface area contributed by atoms with Gasteiger partial charge in [0.15, 0.2) is 0 Å². The number of hydrogen-bond acceptors (Lipinski definition) is 5. The van der Waals surface area contributed by atoms with Crippen molar-refractivity contribution in [3.8, 4) is 0 Å². The van der Waals surface area contributed by atoms with E-state index in [1.165, 1.54) is 0 Å². The summed E-state index contributed by atoms with van der Waals surface area (Å²) in [6.07, 6.45) is 0. The Kier molecular flexibility index (Phi) is 5.11. The molecule has 0 aliphatic heterocycles. The van der Waals surface area contributed by atoms with E-state index >= 15 is 0 Å². The SMILES string of the molecule is COCc1nc(C(C)COC)nc(N)c1Br. The molecule has 0 bridgehead atoms. The lowest BCUT2D eigenvalue weighted by Crippen LogP contribution is -2.11. The Bertz CT molecular complexity index is 360. The Morgan fingerprint density at radius 2 is 2.00 bits per heavy atom. The molecule has 1 aromatic rings. The highest BCUT2D eigenvalue weighted by molar-refractivity contribution is 9.10. The summed E-state index contributed by atoms with van der Waals surface area (Å²) in [6, 6.07) is 0. The minimum atomic E-state index is 0.107. The van der Waals surface area contributed by atoms with E-state index in [0.717, 1.165) is 5.69 Å². The second kappa shape index (κ2) is 6.12. The molecule has 0 radical (unpaired) electrons. The van der Waals surface area contributed by atoms with Gasteiger partial charge in [0.25, 0.3) is 0 Å². The molecule has 0 amide bonds. The first-order chi connectivity index (χ1) is 7.60. The van der Waals surface area contributed by atoms with Gasteiger partial charge in [0.1, 0.15) is 11.6 Å². The molecule has 1 unspecified atom stereocenters. The Hall–Kier alpha value is -0.720. The van der Waals surface area contributed by atoms with Crippen LogP contribution in [0, 0.1) is 0 Å². The van der Waals surface area contributed by atoms with Crippen LogP contribution in [0.2, 0.25) is 0 Å². The van der Waals surface area contributed by atoms with Crippen LogP contribution >= 0.6 is 15.9 Å². The quantitative estimate of drug-likeness (QED) is 0.894. The van der Waals surface area contributed by atoms with Gasteiger partial charge in [0, 0.05) is 20.1 Å². The standard InChI is InChI=1S/C10H16BrN3O2/c1-6(4-15-2)10-13-7(5-16-3)8(11)9(12)14-10/h6H,4-5H2,1-3H3,(H2,12,13,14). The zero-order valence-corrected chi connectivity index (χ0v) is 11.2. The predicted octanol–water partition coefficient (Wildman–Crippen LogP) is 1.72. The van der Waals surface area contributed by atoms with Crippen molar-refractivity contribution in [1.82, 2.24) is 9.97 Å². The molecule has 0 aromatic carbocycles. The normalized spacial score (nSPS) is 12.8. The fourth-order valence-corrected chi connectivity index (χ4v) is 1.60. The van der Waals surface area contributed by atoms with Gasteiger partial charge >= 0.3 is 0 Å². The number of nitrogens with two attached hydrogens (primary N) is 1. The lowest BCUT2D eigenvalue weighted by molar-refractivity contribution is 0.175. The number of ether oxygens (including phenoxy) is 2. The molecule has 1 heterocycles. The van der Waals surface area contributed by atoms with E-state index in [1.807, 2.05) is 6.92 Å². The van der Waals surface area contributed by atoms with Crippen LogP contribution in [-0.4, -0.2) is 30.8 Å². The summed E-state index contributed by atoms with van der Waals surface area (Å²) in [4.78, 5) is 8.62. The van der Waals surface area contributed by atoms with Crippen LogP contribution in [0.1, 0.15) is 24.4 Å². The minimum Gasteiger partial charge on any atom is -0.384 e. The smallest absolute Gasteiger partial charge is 0.141 e. The van der Waals surface area contributed by atoms with Crippen molar-refractivity contribution in [2.24, 2.45) is 0 Å². The van der Waals surface area contributed by atoms with Gasteiger partial charge in [-0.2, -0.15) is 0 Å². The van der Waals surface area contributed by atoms with E-state index in [1.54, 1.807) is 14.2 Å². The molecule has 5 nitrogen and oxygen atoms in total. The molecule has 0 saturated carbocycles. The Balaban J connectivity index is 3.03. The number of nitrogens with zero attached hydrogens (tertiary/aromatic N) is 2. The van der Waals surface area contributed by atoms with Gasteiger partial charge in [-0.15, -0.1) is 0 Å². The molecule has 0 fully saturated rings. The van der Waals surface area contributed by atoms with E-state index in [9.17, 15) is 0 Å². The monoisotopic (exact) mass is 289 g/mol. The highest BCUT2D eigenvalue weighted by Gasteiger charge is 2.14. The van der Waals surface area contributed by atoms with E-state index in [-0.39, 0.29) is 5.92 Å². The van der Waals surface area contributed by atoms with Crippen molar-refractivity contribution in [3.63, 3.8) is 0 Å². The van der Waals surface area contributed by atoms with Crippen molar-refractivity contribution >= 4 is 21.7 Å². The summed E-state index contributed by atoms with van der Waals surface area (Å²) in [5.41, 5.74) is 6.55. The van der Waals surface area contributed by atoms with Gasteiger partial charge in [-0.3, -0.25) is 0 Å². The third kappa shape index (κ3) is 3.13. The van der Waals surface area contributed by atoms with E-state index < -0.39 is 0 Å². The number of hydrogen-bond donors (Lipinski definition) is 1. The van der Waals surface area contributed by atoms with Crippen LogP contribution in [0.5, 0.6) is 0 Å². The van der Waals surface area contributed by atoms with Gasteiger partial charge in [-0.05, 0) is 15.9 Å². The van der Waals surface area contributed by atoms with Crippen LogP contribution in [0.4, 0.5) is 5.82 Å². The molecule has 90 valence electrons. The van der Waals surface area contributed by atoms with Crippen molar-refractivity contribution in [1.29, 1.82) is 0 Å². The zero-order valence-electron chi connectivity index (χ0n) is 9.66. The molecule has 0 saturated heterocycles. The summed E-state index contributed by atoms with van der Waals surface area (Å²) in [5.74, 6) is 1.21. The van der Waals surface area contributed by atoms with Gasteiger partial charge < -0.3 is 15.2 Å². The largest absolute Gasteiger partial charge is 0.384 e. The number of methoxy groups -OCH3 is 2. The minimum absolute atomic E-state index is 0.107. The van der Waals surface area contributed by atoms with Crippen LogP contribution < -0.4 is 5.73 Å². The zero-order chi connectivity index (χ0) is 12.1. The highest BCUT2D eigenvalue weighted by Crippen LogP contribution is 2.24. The van der Waals surface area contributed by atoms with Crippen LogP contribution in [0.15, 0.2) is 4.47 Å². The van der Waals surface area contributed by atoms with Gasteiger partial charge in [-0.25, -0.2) is 9.97 Å². The summed E-state index contributed by atoms with van der Waals surface area (Å²) in [6.45, 7) is 2.95. The van der Waals surface area contributed by atoms with E-state index in [0.29, 0.717) is 29.3 Å². The molecular weight excluding hydrogens is 274 g/mol. The maximum absolute atomic E-state index is 5.79. The lowest BCUT2D eigenvalue weighted by atomic mass is 10.2. The molecule has 1 aromatic heterocycles. The number of rotatable bonds is 5. The fourth-order valence-electron chi connectivity index (χ4n) is 1.31. The predicted molar refractivity (Wildman–Crippen MR) is 65.1 cm³/mol. The molecule has 16 heavy (non-hydrogen) atoms. The summed E-state index contributed by atoms with van der Waals surface area (Å²) >= 11 is 3.34. The first-order valence-electron chi connectivity index (χ1n) is 4.89. The molecule has 2 N–H and O–H groups in total. The van der Waals surface area contributed by atoms with Crippen LogP contribution in [0.3, 0.4) is 0 Å². The van der Waals surface area contributed by atoms with Crippen molar-refractivity contribution in [3.05, 3.63) is 16.0 Å². The Morgan fingerprint density at radius 3 is 2.56 bits per heavy atom. The molecule has 1 rings (SSSR count). The number of nitrogen functional groups attached to an aromatic ring is 1. The maximum atomic E-state index is 5.79. The van der Waals surface area contributed by atoms with E-state index in [2.05, 4.69) is 25.9 Å². The lowest BCUT2D eigenvalue weighted by Gasteiger charge is -2.12. The third-order valence-corrected chi connectivity index (χ3v) is 2.97. The summed E-state index contributed by atoms with van der Waals surface area (Å²) in [7, 11) is 3.26. The molecule has 0 spiro atoms. The molecule has 1 atom stereocenters. The second-order valence-corrected chi connectivity index (χ2v) is 4.31. The number of halogens is 1. The van der Waals surface area contributed by atoms with Crippen LogP contribution in [0.25, 0.3) is 0 Å². The summed E-state index contributed by atoms with van der Waals surface area (Å²) in [5, 5.41) is 0. The average Bonchev–Trinajstić information content (AvgIpc) is 2.25. The summed E-state index contributed by atoms with van der Waals surface area (Å²) < 4.78 is 10.8. The van der Waals surface area contributed by atoms with E-state index in [4.69, 9.17) is 15.2 Å². The number of anilines is 1.